The van der Waals surface area contributed by atoms with Crippen molar-refractivity contribution in [3.8, 4) is 11.5 Å². The molecule has 0 amide bonds. The van der Waals surface area contributed by atoms with Gasteiger partial charge in [-0.2, -0.15) is 0 Å². The Kier molecular flexibility index (Phi) is 6.23. The average Bonchev–Trinajstić information content (AvgIpc) is 2.92. The van der Waals surface area contributed by atoms with Gasteiger partial charge in [0.2, 0.25) is 0 Å². The molecule has 0 aliphatic carbocycles. The number of carbonyl (C=O) groups is 2. The predicted octanol–water partition coefficient (Wildman–Crippen LogP) is 7.27. The lowest BCUT2D eigenvalue weighted by Gasteiger charge is -2.16. The lowest BCUT2D eigenvalue weighted by molar-refractivity contribution is 0.0720. The zero-order valence-corrected chi connectivity index (χ0v) is 18.8. The molecule has 0 fully saturated rings. The van der Waals surface area contributed by atoms with Gasteiger partial charge < -0.3 is 9.47 Å². The SMILES string of the molecule is O=C(Oc1c2ccccc2c(OC(=O)c2ccc(F)c(F)c2F)c2ccccc12)c1ccc(F)c(F)c1F. The van der Waals surface area contributed by atoms with Crippen molar-refractivity contribution in [1.82, 2.24) is 0 Å². The molecule has 0 aromatic heterocycles. The van der Waals surface area contributed by atoms with E-state index in [9.17, 15) is 35.9 Å². The number of carbonyl (C=O) groups excluding carboxylic acids is 2. The van der Waals surface area contributed by atoms with E-state index in [1.54, 1.807) is 24.3 Å². The summed E-state index contributed by atoms with van der Waals surface area (Å²) in [7, 11) is 0. The van der Waals surface area contributed by atoms with E-state index in [0.717, 1.165) is 12.1 Å². The van der Waals surface area contributed by atoms with Gasteiger partial charge in [0.1, 0.15) is 11.5 Å². The molecule has 5 aromatic carbocycles. The van der Waals surface area contributed by atoms with Crippen LogP contribution in [-0.2, 0) is 0 Å². The highest BCUT2D eigenvalue weighted by molar-refractivity contribution is 6.13. The third-order valence-electron chi connectivity index (χ3n) is 5.73. The average molecular weight is 526 g/mol. The predicted molar refractivity (Wildman–Crippen MR) is 124 cm³/mol. The van der Waals surface area contributed by atoms with Gasteiger partial charge in [-0.1, -0.05) is 48.5 Å². The third-order valence-corrected chi connectivity index (χ3v) is 5.73. The summed E-state index contributed by atoms with van der Waals surface area (Å²) in [6.45, 7) is 0. The summed E-state index contributed by atoms with van der Waals surface area (Å²) in [5.41, 5.74) is -1.72. The maximum Gasteiger partial charge on any atom is 0.346 e. The van der Waals surface area contributed by atoms with Crippen LogP contribution in [0.3, 0.4) is 0 Å². The van der Waals surface area contributed by atoms with E-state index in [0.29, 0.717) is 12.1 Å². The molecule has 5 aromatic rings. The number of hydrogen-bond acceptors (Lipinski definition) is 4. The molecule has 0 saturated heterocycles. The van der Waals surface area contributed by atoms with E-state index in [-0.39, 0.29) is 33.0 Å². The number of rotatable bonds is 4. The van der Waals surface area contributed by atoms with Crippen LogP contribution < -0.4 is 9.47 Å². The minimum absolute atomic E-state index is 0.121. The minimum atomic E-state index is -1.85. The van der Waals surface area contributed by atoms with E-state index in [4.69, 9.17) is 9.47 Å². The van der Waals surface area contributed by atoms with E-state index >= 15 is 0 Å². The molecule has 0 bridgehead atoms. The Morgan fingerprint density at radius 3 is 1.08 bits per heavy atom. The second-order valence-corrected chi connectivity index (χ2v) is 7.97. The van der Waals surface area contributed by atoms with Gasteiger partial charge in [-0.3, -0.25) is 0 Å². The largest absolute Gasteiger partial charge is 0.422 e. The molecule has 5 rings (SSSR count). The quantitative estimate of drug-likeness (QED) is 0.0813. The molecule has 190 valence electrons. The van der Waals surface area contributed by atoms with Crippen molar-refractivity contribution in [1.29, 1.82) is 0 Å². The Labute approximate surface area is 209 Å². The fourth-order valence-corrected chi connectivity index (χ4v) is 3.93. The minimum Gasteiger partial charge on any atom is -0.422 e. The van der Waals surface area contributed by atoms with Crippen molar-refractivity contribution in [3.05, 3.63) is 119 Å². The van der Waals surface area contributed by atoms with Crippen molar-refractivity contribution in [3.63, 3.8) is 0 Å². The first kappa shape index (κ1) is 24.8. The first-order valence-electron chi connectivity index (χ1n) is 10.8. The number of esters is 2. The second-order valence-electron chi connectivity index (χ2n) is 7.97. The molecule has 10 heteroatoms. The second kappa shape index (κ2) is 9.55. The van der Waals surface area contributed by atoms with Gasteiger partial charge in [-0.15, -0.1) is 0 Å². The van der Waals surface area contributed by atoms with E-state index in [2.05, 4.69) is 0 Å². The van der Waals surface area contributed by atoms with Crippen molar-refractivity contribution in [2.45, 2.75) is 0 Å². The Balaban J connectivity index is 1.65. The van der Waals surface area contributed by atoms with Crippen LogP contribution in [0, 0.1) is 34.9 Å². The molecule has 0 unspecified atom stereocenters. The highest BCUT2D eigenvalue weighted by Crippen LogP contribution is 2.43. The molecule has 0 aliphatic heterocycles. The van der Waals surface area contributed by atoms with E-state index < -0.39 is 58.0 Å². The Morgan fingerprint density at radius 1 is 0.447 bits per heavy atom. The van der Waals surface area contributed by atoms with Crippen LogP contribution in [0.15, 0.2) is 72.8 Å². The summed E-state index contributed by atoms with van der Waals surface area (Å²) in [6.07, 6.45) is 0. The molecule has 0 N–H and O–H groups in total. The topological polar surface area (TPSA) is 52.6 Å². The van der Waals surface area contributed by atoms with Crippen LogP contribution in [0.1, 0.15) is 20.7 Å². The monoisotopic (exact) mass is 526 g/mol. The maximum absolute atomic E-state index is 14.2. The third kappa shape index (κ3) is 4.09. The van der Waals surface area contributed by atoms with Gasteiger partial charge in [-0.05, 0) is 24.3 Å². The first-order valence-corrected chi connectivity index (χ1v) is 10.8. The molecule has 4 nitrogen and oxygen atoms in total. The normalized spacial score (nSPS) is 11.1. The molecule has 0 radical (unpaired) electrons. The Hall–Kier alpha value is -4.86. The van der Waals surface area contributed by atoms with Crippen molar-refractivity contribution in [2.75, 3.05) is 0 Å². The zero-order chi connectivity index (χ0) is 27.1. The molecule has 0 saturated carbocycles. The summed E-state index contributed by atoms with van der Waals surface area (Å²) in [5, 5.41) is 0.708. The van der Waals surface area contributed by atoms with Crippen LogP contribution in [0.2, 0.25) is 0 Å². The molecule has 0 spiro atoms. The summed E-state index contributed by atoms with van der Waals surface area (Å²) < 4.78 is 93.4. The standard InChI is InChI=1S/C28H12F6O4/c29-19-11-9-17(21(31)23(19)33)27(35)37-25-13-5-1-2-6-14(13)26(16-8-4-3-7-15(16)25)38-28(36)18-10-12-20(30)24(34)22(18)32/h1-12H. The Bertz CT molecular complexity index is 1600. The molecule has 0 atom stereocenters. The molecular formula is C28H12F6O4. The lowest BCUT2D eigenvalue weighted by Crippen LogP contribution is -2.14. The van der Waals surface area contributed by atoms with Crippen LogP contribution in [0.25, 0.3) is 21.5 Å². The lowest BCUT2D eigenvalue weighted by atomic mass is 10.0. The van der Waals surface area contributed by atoms with Crippen LogP contribution in [0.5, 0.6) is 11.5 Å². The van der Waals surface area contributed by atoms with Gasteiger partial charge >= 0.3 is 11.9 Å². The first-order chi connectivity index (χ1) is 18.2. The van der Waals surface area contributed by atoms with Gasteiger partial charge in [0.25, 0.3) is 0 Å². The number of hydrogen-bond donors (Lipinski definition) is 0. The Morgan fingerprint density at radius 2 is 0.763 bits per heavy atom. The van der Waals surface area contributed by atoms with E-state index in [1.165, 1.54) is 24.3 Å². The number of benzene rings is 5. The molecule has 0 aliphatic rings. The van der Waals surface area contributed by atoms with Gasteiger partial charge in [0.15, 0.2) is 34.9 Å². The highest BCUT2D eigenvalue weighted by atomic mass is 19.2. The number of fused-ring (bicyclic) bond motifs is 2. The van der Waals surface area contributed by atoms with Gasteiger partial charge in [0, 0.05) is 21.5 Å². The van der Waals surface area contributed by atoms with Crippen molar-refractivity contribution in [2.24, 2.45) is 0 Å². The summed E-state index contributed by atoms with van der Waals surface area (Å²) in [4.78, 5) is 25.6. The van der Waals surface area contributed by atoms with Crippen molar-refractivity contribution < 1.29 is 45.4 Å². The van der Waals surface area contributed by atoms with Crippen LogP contribution in [0.4, 0.5) is 26.3 Å². The number of ether oxygens (including phenoxy) is 2. The van der Waals surface area contributed by atoms with Gasteiger partial charge in [-0.25, -0.2) is 35.9 Å². The number of halogens is 6. The van der Waals surface area contributed by atoms with Crippen molar-refractivity contribution >= 4 is 33.5 Å². The molecule has 0 heterocycles. The smallest absolute Gasteiger partial charge is 0.346 e. The molecular weight excluding hydrogens is 514 g/mol. The summed E-state index contributed by atoms with van der Waals surface area (Å²) >= 11 is 0. The van der Waals surface area contributed by atoms with E-state index in [1.807, 2.05) is 0 Å². The van der Waals surface area contributed by atoms with Gasteiger partial charge in [0.05, 0.1) is 11.1 Å². The fourth-order valence-electron chi connectivity index (χ4n) is 3.93. The highest BCUT2D eigenvalue weighted by Gasteiger charge is 2.26. The van der Waals surface area contributed by atoms with Crippen LogP contribution >= 0.6 is 0 Å². The summed E-state index contributed by atoms with van der Waals surface area (Å²) in [6, 6.07) is 14.7. The zero-order valence-electron chi connectivity index (χ0n) is 18.8. The fraction of sp³-hybridized carbons (Fsp3) is 0. The van der Waals surface area contributed by atoms with Crippen LogP contribution in [-0.4, -0.2) is 11.9 Å². The maximum atomic E-state index is 14.2. The summed E-state index contributed by atoms with van der Waals surface area (Å²) in [5.74, 6) is -13.0. The molecule has 38 heavy (non-hydrogen) atoms.